The lowest BCUT2D eigenvalue weighted by Gasteiger charge is -2.23. The van der Waals surface area contributed by atoms with Crippen LogP contribution in [-0.4, -0.2) is 19.2 Å². The van der Waals surface area contributed by atoms with Crippen LogP contribution in [0.1, 0.15) is 24.8 Å². The van der Waals surface area contributed by atoms with Crippen molar-refractivity contribution >= 4 is 15.9 Å². The predicted octanol–water partition coefficient (Wildman–Crippen LogP) is 3.99. The third-order valence-corrected chi connectivity index (χ3v) is 3.73. The molecular formula is C13H15BrF3NO. The molecule has 1 aliphatic rings. The van der Waals surface area contributed by atoms with E-state index >= 15 is 0 Å². The summed E-state index contributed by atoms with van der Waals surface area (Å²) in [4.78, 5) is 0. The second-order valence-corrected chi connectivity index (χ2v) is 5.46. The van der Waals surface area contributed by atoms with Crippen LogP contribution in [0.15, 0.2) is 22.7 Å². The highest BCUT2D eigenvalue weighted by molar-refractivity contribution is 9.10. The van der Waals surface area contributed by atoms with E-state index in [-0.39, 0.29) is 6.04 Å². The average Bonchev–Trinajstić information content (AvgIpc) is 2.37. The molecule has 1 aromatic rings. The topological polar surface area (TPSA) is 21.3 Å². The van der Waals surface area contributed by atoms with Gasteiger partial charge in [-0.3, -0.25) is 0 Å². The largest absolute Gasteiger partial charge is 0.491 e. The van der Waals surface area contributed by atoms with Crippen LogP contribution in [0.3, 0.4) is 0 Å². The van der Waals surface area contributed by atoms with Gasteiger partial charge in [-0.1, -0.05) is 6.42 Å². The maximum absolute atomic E-state index is 12.5. The Labute approximate surface area is 118 Å². The van der Waals surface area contributed by atoms with Gasteiger partial charge in [0, 0.05) is 6.04 Å². The second kappa shape index (κ2) is 6.13. The third kappa shape index (κ3) is 4.11. The van der Waals surface area contributed by atoms with Gasteiger partial charge in [-0.05, 0) is 53.5 Å². The molecule has 0 saturated carbocycles. The fraction of sp³-hybridized carbons (Fsp3) is 0.538. The fourth-order valence-corrected chi connectivity index (χ4v) is 2.54. The molecular weight excluding hydrogens is 323 g/mol. The number of piperidine rings is 1. The zero-order valence-corrected chi connectivity index (χ0v) is 11.9. The van der Waals surface area contributed by atoms with Gasteiger partial charge in [-0.2, -0.15) is 13.2 Å². The Kier molecular flexibility index (Phi) is 4.73. The first-order chi connectivity index (χ1) is 8.97. The summed E-state index contributed by atoms with van der Waals surface area (Å²) in [5, 5.41) is 3.32. The van der Waals surface area contributed by atoms with Gasteiger partial charge >= 0.3 is 6.18 Å². The molecule has 1 unspecified atom stereocenters. The van der Waals surface area contributed by atoms with E-state index in [1.54, 1.807) is 0 Å². The normalized spacial score (nSPS) is 20.3. The van der Waals surface area contributed by atoms with E-state index in [0.29, 0.717) is 16.8 Å². The van der Waals surface area contributed by atoms with Gasteiger partial charge in [0.1, 0.15) is 12.4 Å². The molecule has 6 heteroatoms. The van der Waals surface area contributed by atoms with Crippen LogP contribution < -0.4 is 10.1 Å². The molecule has 106 valence electrons. The van der Waals surface area contributed by atoms with Crippen molar-refractivity contribution in [2.75, 3.05) is 13.2 Å². The molecule has 1 aromatic carbocycles. The lowest BCUT2D eigenvalue weighted by Crippen LogP contribution is -2.38. The van der Waals surface area contributed by atoms with Crippen molar-refractivity contribution in [1.29, 1.82) is 0 Å². The van der Waals surface area contributed by atoms with E-state index in [4.69, 9.17) is 4.74 Å². The van der Waals surface area contributed by atoms with Crippen molar-refractivity contribution in [2.24, 2.45) is 0 Å². The minimum absolute atomic E-state index is 0.281. The summed E-state index contributed by atoms with van der Waals surface area (Å²) in [6.07, 6.45) is -0.958. The molecule has 1 aliphatic heterocycles. The maximum Gasteiger partial charge on any atom is 0.416 e. The summed E-state index contributed by atoms with van der Waals surface area (Å²) < 4.78 is 43.4. The van der Waals surface area contributed by atoms with Gasteiger partial charge in [-0.25, -0.2) is 0 Å². The van der Waals surface area contributed by atoms with E-state index in [1.165, 1.54) is 12.5 Å². The number of nitrogens with one attached hydrogen (secondary N) is 1. The molecule has 0 aromatic heterocycles. The number of hydrogen-bond acceptors (Lipinski definition) is 2. The molecule has 19 heavy (non-hydrogen) atoms. The third-order valence-electron chi connectivity index (χ3n) is 3.11. The van der Waals surface area contributed by atoms with Crippen molar-refractivity contribution in [3.8, 4) is 5.75 Å². The number of rotatable bonds is 3. The molecule has 1 fully saturated rings. The van der Waals surface area contributed by atoms with E-state index in [9.17, 15) is 13.2 Å². The fourth-order valence-electron chi connectivity index (χ4n) is 2.05. The van der Waals surface area contributed by atoms with E-state index in [0.717, 1.165) is 31.5 Å². The number of alkyl halides is 3. The Morgan fingerprint density at radius 2 is 2.11 bits per heavy atom. The summed E-state index contributed by atoms with van der Waals surface area (Å²) in [5.74, 6) is 0.445. The van der Waals surface area contributed by atoms with Gasteiger partial charge in [0.05, 0.1) is 10.0 Å². The van der Waals surface area contributed by atoms with Gasteiger partial charge < -0.3 is 10.1 Å². The number of benzene rings is 1. The first-order valence-electron chi connectivity index (χ1n) is 6.20. The van der Waals surface area contributed by atoms with Gasteiger partial charge in [0.25, 0.3) is 0 Å². The van der Waals surface area contributed by atoms with Crippen LogP contribution in [0.25, 0.3) is 0 Å². The van der Waals surface area contributed by atoms with Gasteiger partial charge in [-0.15, -0.1) is 0 Å². The van der Waals surface area contributed by atoms with Crippen LogP contribution in [0.2, 0.25) is 0 Å². The molecule has 1 atom stereocenters. The molecule has 1 heterocycles. The van der Waals surface area contributed by atoms with Gasteiger partial charge in [0.2, 0.25) is 0 Å². The Balaban J connectivity index is 1.97. The molecule has 0 spiro atoms. The van der Waals surface area contributed by atoms with Crippen LogP contribution >= 0.6 is 15.9 Å². The Morgan fingerprint density at radius 1 is 1.32 bits per heavy atom. The van der Waals surface area contributed by atoms with Crippen LogP contribution in [0.4, 0.5) is 13.2 Å². The first kappa shape index (κ1) is 14.7. The highest BCUT2D eigenvalue weighted by Crippen LogP contribution is 2.34. The monoisotopic (exact) mass is 337 g/mol. The van der Waals surface area contributed by atoms with Crippen molar-refractivity contribution in [3.63, 3.8) is 0 Å². The van der Waals surface area contributed by atoms with Crippen molar-refractivity contribution in [2.45, 2.75) is 31.5 Å². The Hall–Kier alpha value is -0.750. The second-order valence-electron chi connectivity index (χ2n) is 4.60. The van der Waals surface area contributed by atoms with Crippen LogP contribution in [0.5, 0.6) is 5.75 Å². The van der Waals surface area contributed by atoms with E-state index < -0.39 is 11.7 Å². The minimum atomic E-state index is -4.33. The zero-order valence-electron chi connectivity index (χ0n) is 10.3. The molecule has 0 amide bonds. The van der Waals surface area contributed by atoms with E-state index in [2.05, 4.69) is 21.2 Å². The molecule has 1 N–H and O–H groups in total. The predicted molar refractivity (Wildman–Crippen MR) is 70.3 cm³/mol. The number of halogens is 4. The standard InChI is InChI=1S/C13H15BrF3NO/c14-11-7-9(13(15,16)17)4-5-12(11)19-8-10-3-1-2-6-18-10/h4-5,7,10,18H,1-3,6,8H2. The Bertz CT molecular complexity index is 430. The lowest BCUT2D eigenvalue weighted by atomic mass is 10.1. The highest BCUT2D eigenvalue weighted by atomic mass is 79.9. The summed E-state index contributed by atoms with van der Waals surface area (Å²) in [5.41, 5.74) is -0.678. The van der Waals surface area contributed by atoms with Crippen LogP contribution in [-0.2, 0) is 6.18 Å². The summed E-state index contributed by atoms with van der Waals surface area (Å²) >= 11 is 3.12. The molecule has 2 nitrogen and oxygen atoms in total. The SMILES string of the molecule is FC(F)(F)c1ccc(OCC2CCCCN2)c(Br)c1. The van der Waals surface area contributed by atoms with Crippen molar-refractivity contribution < 1.29 is 17.9 Å². The van der Waals surface area contributed by atoms with Gasteiger partial charge in [0.15, 0.2) is 0 Å². The minimum Gasteiger partial charge on any atom is -0.491 e. The number of ether oxygens (including phenoxy) is 1. The quantitative estimate of drug-likeness (QED) is 0.900. The summed E-state index contributed by atoms with van der Waals surface area (Å²) in [7, 11) is 0. The molecule has 2 rings (SSSR count). The van der Waals surface area contributed by atoms with Crippen LogP contribution in [0, 0.1) is 0 Å². The zero-order chi connectivity index (χ0) is 13.9. The molecule has 0 bridgehead atoms. The van der Waals surface area contributed by atoms with E-state index in [1.807, 2.05) is 0 Å². The molecule has 1 saturated heterocycles. The highest BCUT2D eigenvalue weighted by Gasteiger charge is 2.31. The smallest absolute Gasteiger partial charge is 0.416 e. The maximum atomic E-state index is 12.5. The average molecular weight is 338 g/mol. The Morgan fingerprint density at radius 3 is 2.68 bits per heavy atom. The number of hydrogen-bond donors (Lipinski definition) is 1. The first-order valence-corrected chi connectivity index (χ1v) is 6.99. The van der Waals surface area contributed by atoms with Crippen molar-refractivity contribution in [1.82, 2.24) is 5.32 Å². The lowest BCUT2D eigenvalue weighted by molar-refractivity contribution is -0.137. The van der Waals surface area contributed by atoms with Crippen molar-refractivity contribution in [3.05, 3.63) is 28.2 Å². The molecule has 0 radical (unpaired) electrons. The summed E-state index contributed by atoms with van der Waals surface area (Å²) in [6.45, 7) is 1.45. The molecule has 0 aliphatic carbocycles. The summed E-state index contributed by atoms with van der Waals surface area (Å²) in [6, 6.07) is 3.72.